The quantitative estimate of drug-likeness (QED) is 0.501. The van der Waals surface area contributed by atoms with Crippen molar-refractivity contribution in [2.75, 3.05) is 13.1 Å². The van der Waals surface area contributed by atoms with Gasteiger partial charge in [0.25, 0.3) is 6.20 Å². The van der Waals surface area contributed by atoms with Gasteiger partial charge in [-0.05, 0) is 18.0 Å². The van der Waals surface area contributed by atoms with Gasteiger partial charge in [-0.3, -0.25) is 10.1 Å². The van der Waals surface area contributed by atoms with Crippen LogP contribution < -0.4 is 5.32 Å². The van der Waals surface area contributed by atoms with Crippen molar-refractivity contribution >= 4 is 11.6 Å². The molecule has 0 unspecified atom stereocenters. The molecule has 0 aromatic carbocycles. The Morgan fingerprint density at radius 1 is 1.56 bits per heavy atom. The average molecular weight is 270 g/mol. The van der Waals surface area contributed by atoms with Crippen LogP contribution in [0.25, 0.3) is 0 Å². The normalized spacial score (nSPS) is 17.6. The second kappa shape index (κ2) is 5.63. The summed E-state index contributed by atoms with van der Waals surface area (Å²) in [7, 11) is 0. The van der Waals surface area contributed by atoms with Crippen molar-refractivity contribution in [3.8, 4) is 0 Å². The maximum atomic E-state index is 10.5. The van der Waals surface area contributed by atoms with Crippen LogP contribution in [0.2, 0.25) is 5.28 Å². The van der Waals surface area contributed by atoms with Crippen molar-refractivity contribution in [2.24, 2.45) is 0 Å². The number of hydrogen-bond acceptors (Lipinski definition) is 6. The molecule has 1 N–H and O–H groups in total. The fraction of sp³-hybridized carbons (Fsp3) is 0.400. The number of hydrogen-bond donors (Lipinski definition) is 1. The molecule has 0 saturated carbocycles. The Labute approximate surface area is 109 Å². The van der Waals surface area contributed by atoms with Crippen molar-refractivity contribution in [2.45, 2.75) is 13.0 Å². The minimum Gasteiger partial charge on any atom is -0.367 e. The van der Waals surface area contributed by atoms with Crippen LogP contribution in [0.1, 0.15) is 12.0 Å². The Morgan fingerprint density at radius 3 is 2.94 bits per heavy atom. The lowest BCUT2D eigenvalue weighted by molar-refractivity contribution is -0.405. The molecule has 1 aromatic heterocycles. The number of nitrogens with one attached hydrogen (secondary N) is 1. The minimum atomic E-state index is -0.459. The van der Waals surface area contributed by atoms with Crippen molar-refractivity contribution in [3.63, 3.8) is 0 Å². The van der Waals surface area contributed by atoms with Gasteiger partial charge < -0.3 is 10.2 Å². The third-order valence-electron chi connectivity index (χ3n) is 2.53. The molecule has 96 valence electrons. The van der Waals surface area contributed by atoms with Gasteiger partial charge in [-0.1, -0.05) is 0 Å². The molecule has 1 fully saturated rings. The van der Waals surface area contributed by atoms with Gasteiger partial charge in [0.2, 0.25) is 5.28 Å². The first-order valence-electron chi connectivity index (χ1n) is 5.46. The van der Waals surface area contributed by atoms with Gasteiger partial charge in [-0.2, -0.15) is 0 Å². The summed E-state index contributed by atoms with van der Waals surface area (Å²) in [6.45, 7) is 2.02. The van der Waals surface area contributed by atoms with Gasteiger partial charge in [-0.15, -0.1) is 0 Å². The zero-order valence-electron chi connectivity index (χ0n) is 9.54. The van der Waals surface area contributed by atoms with Crippen molar-refractivity contribution in [1.29, 1.82) is 0 Å². The number of halogens is 1. The van der Waals surface area contributed by atoms with Gasteiger partial charge in [-0.25, -0.2) is 9.97 Å². The Morgan fingerprint density at radius 2 is 2.28 bits per heavy atom. The summed E-state index contributed by atoms with van der Waals surface area (Å²) in [5.41, 5.74) is 0.859. The molecule has 1 saturated heterocycles. The molecule has 1 aliphatic heterocycles. The lowest BCUT2D eigenvalue weighted by Gasteiger charge is -2.30. The topological polar surface area (TPSA) is 84.2 Å². The molecular formula is C10H12ClN5O2. The molecule has 0 radical (unpaired) electrons. The van der Waals surface area contributed by atoms with Gasteiger partial charge in [0.05, 0.1) is 4.92 Å². The van der Waals surface area contributed by atoms with Gasteiger partial charge in [0.1, 0.15) is 0 Å². The van der Waals surface area contributed by atoms with E-state index in [4.69, 9.17) is 11.6 Å². The first-order chi connectivity index (χ1) is 8.65. The fourth-order valence-electron chi connectivity index (χ4n) is 1.75. The maximum absolute atomic E-state index is 10.5. The Hall–Kier alpha value is -1.89. The van der Waals surface area contributed by atoms with Crippen molar-refractivity contribution < 1.29 is 4.92 Å². The predicted octanol–water partition coefficient (Wildman–Crippen LogP) is 1.00. The van der Waals surface area contributed by atoms with Gasteiger partial charge in [0, 0.05) is 37.6 Å². The summed E-state index contributed by atoms with van der Waals surface area (Å²) < 4.78 is 0. The lowest BCUT2D eigenvalue weighted by atomic mass is 10.2. The summed E-state index contributed by atoms with van der Waals surface area (Å²) in [4.78, 5) is 19.7. The monoisotopic (exact) mass is 269 g/mol. The highest BCUT2D eigenvalue weighted by molar-refractivity contribution is 6.28. The first-order valence-corrected chi connectivity index (χ1v) is 5.83. The maximum Gasteiger partial charge on any atom is 0.274 e. The van der Waals surface area contributed by atoms with E-state index in [1.54, 1.807) is 12.4 Å². The van der Waals surface area contributed by atoms with Crippen LogP contribution in [0.4, 0.5) is 0 Å². The second-order valence-electron chi connectivity index (χ2n) is 3.86. The minimum absolute atomic E-state index is 0.191. The second-order valence-corrected chi connectivity index (χ2v) is 4.20. The van der Waals surface area contributed by atoms with Crippen LogP contribution in [0, 0.1) is 10.1 Å². The summed E-state index contributed by atoms with van der Waals surface area (Å²) in [6.07, 6.45) is 5.15. The van der Waals surface area contributed by atoms with E-state index in [0.29, 0.717) is 12.4 Å². The van der Waals surface area contributed by atoms with Gasteiger partial charge >= 0.3 is 0 Å². The SMILES string of the molecule is O=[N+]([O-])C=C1NCCCN1Cc1cnc(Cl)nc1. The van der Waals surface area contributed by atoms with Crippen molar-refractivity contribution in [1.82, 2.24) is 20.2 Å². The molecule has 1 aromatic rings. The molecule has 7 nitrogen and oxygen atoms in total. The van der Waals surface area contributed by atoms with E-state index in [-0.39, 0.29) is 5.28 Å². The molecule has 0 atom stereocenters. The number of nitro groups is 1. The van der Waals surface area contributed by atoms with Crippen LogP contribution in [-0.4, -0.2) is 32.9 Å². The molecule has 18 heavy (non-hydrogen) atoms. The van der Waals surface area contributed by atoms with Crippen molar-refractivity contribution in [3.05, 3.63) is 45.4 Å². The van der Waals surface area contributed by atoms with E-state index in [1.807, 2.05) is 4.90 Å². The molecule has 2 heterocycles. The highest BCUT2D eigenvalue weighted by Gasteiger charge is 2.17. The van der Waals surface area contributed by atoms with E-state index < -0.39 is 4.92 Å². The highest BCUT2D eigenvalue weighted by Crippen LogP contribution is 2.13. The zero-order valence-corrected chi connectivity index (χ0v) is 10.3. The number of rotatable bonds is 3. The summed E-state index contributed by atoms with van der Waals surface area (Å²) >= 11 is 5.60. The smallest absolute Gasteiger partial charge is 0.274 e. The van der Waals surface area contributed by atoms with E-state index in [2.05, 4.69) is 15.3 Å². The summed E-state index contributed by atoms with van der Waals surface area (Å²) in [5, 5.41) is 13.7. The first kappa shape index (κ1) is 12.6. The third-order valence-corrected chi connectivity index (χ3v) is 2.72. The van der Waals surface area contributed by atoms with E-state index in [1.165, 1.54) is 0 Å². The van der Waals surface area contributed by atoms with Crippen LogP contribution in [-0.2, 0) is 6.54 Å². The predicted molar refractivity (Wildman–Crippen MR) is 65.1 cm³/mol. The molecule has 2 rings (SSSR count). The van der Waals surface area contributed by atoms with Crippen LogP contribution >= 0.6 is 11.6 Å². The van der Waals surface area contributed by atoms with E-state index in [9.17, 15) is 10.1 Å². The molecular weight excluding hydrogens is 258 g/mol. The van der Waals surface area contributed by atoms with Crippen LogP contribution in [0.15, 0.2) is 24.4 Å². The van der Waals surface area contributed by atoms with Crippen LogP contribution in [0.3, 0.4) is 0 Å². The van der Waals surface area contributed by atoms with E-state index in [0.717, 1.165) is 31.3 Å². The highest BCUT2D eigenvalue weighted by atomic mass is 35.5. The summed E-state index contributed by atoms with van der Waals surface area (Å²) in [5.74, 6) is 0.515. The number of nitrogens with zero attached hydrogens (tertiary/aromatic N) is 4. The van der Waals surface area contributed by atoms with Gasteiger partial charge in [0.15, 0.2) is 5.82 Å². The van der Waals surface area contributed by atoms with Crippen LogP contribution in [0.5, 0.6) is 0 Å². The van der Waals surface area contributed by atoms with E-state index >= 15 is 0 Å². The fourth-order valence-corrected chi connectivity index (χ4v) is 1.85. The molecule has 0 bridgehead atoms. The molecule has 8 heteroatoms. The summed E-state index contributed by atoms with van der Waals surface area (Å²) in [6, 6.07) is 0. The third kappa shape index (κ3) is 3.30. The standard InChI is InChI=1S/C10H12ClN5O2/c11-10-13-4-8(5-14-10)6-15-3-1-2-12-9(15)7-16(17)18/h4-5,7,12H,1-3,6H2. The molecule has 0 amide bonds. The average Bonchev–Trinajstić information content (AvgIpc) is 2.34. The zero-order chi connectivity index (χ0) is 13.0. The Balaban J connectivity index is 2.10. The Bertz CT molecular complexity index is 462. The number of aromatic nitrogens is 2. The molecule has 0 aliphatic carbocycles. The molecule has 0 spiro atoms. The lowest BCUT2D eigenvalue weighted by Crippen LogP contribution is -2.39. The largest absolute Gasteiger partial charge is 0.367 e. The Kier molecular flexibility index (Phi) is 3.93. The molecule has 1 aliphatic rings.